The number of nitrogens with zero attached hydrogens (tertiary/aromatic N) is 1. The highest BCUT2D eigenvalue weighted by molar-refractivity contribution is 7.14. The van der Waals surface area contributed by atoms with Gasteiger partial charge in [-0.15, -0.1) is 11.3 Å². The maximum atomic E-state index is 10.6. The van der Waals surface area contributed by atoms with E-state index < -0.39 is 11.9 Å². The molecule has 0 bridgehead atoms. The number of hydrogen-bond donors (Lipinski definition) is 2. The maximum Gasteiger partial charge on any atom is 0.347 e. The first-order chi connectivity index (χ1) is 6.50. The summed E-state index contributed by atoms with van der Waals surface area (Å²) in [4.78, 5) is 24.8. The minimum Gasteiger partial charge on any atom is -0.478 e. The lowest BCUT2D eigenvalue weighted by Gasteiger charge is -1.84. The second-order valence-electron chi connectivity index (χ2n) is 2.44. The van der Waals surface area contributed by atoms with Crippen molar-refractivity contribution in [2.45, 2.75) is 6.92 Å². The van der Waals surface area contributed by atoms with Crippen molar-refractivity contribution in [1.29, 1.82) is 0 Å². The molecule has 0 aliphatic heterocycles. The number of carboxylic acid groups (broad SMARTS) is 2. The smallest absolute Gasteiger partial charge is 0.347 e. The molecule has 0 saturated carbocycles. The molecule has 1 heterocycles. The van der Waals surface area contributed by atoms with Crippen molar-refractivity contribution in [3.63, 3.8) is 0 Å². The monoisotopic (exact) mass is 213 g/mol. The van der Waals surface area contributed by atoms with E-state index in [9.17, 15) is 9.59 Å². The van der Waals surface area contributed by atoms with Gasteiger partial charge in [0.2, 0.25) is 0 Å². The van der Waals surface area contributed by atoms with Gasteiger partial charge in [-0.3, -0.25) is 0 Å². The van der Waals surface area contributed by atoms with Gasteiger partial charge in [0.05, 0.1) is 5.69 Å². The normalized spacial score (nSPS) is 10.6. The molecule has 1 rings (SSSR count). The first-order valence-electron chi connectivity index (χ1n) is 3.62. The van der Waals surface area contributed by atoms with Gasteiger partial charge in [-0.05, 0) is 13.0 Å². The van der Waals surface area contributed by atoms with Crippen LogP contribution in [-0.4, -0.2) is 27.1 Å². The van der Waals surface area contributed by atoms with Crippen molar-refractivity contribution in [3.8, 4) is 0 Å². The lowest BCUT2D eigenvalue weighted by Crippen LogP contribution is -1.94. The summed E-state index contributed by atoms with van der Waals surface area (Å²) in [7, 11) is 0. The van der Waals surface area contributed by atoms with Crippen LogP contribution in [0, 0.1) is 6.92 Å². The average molecular weight is 213 g/mol. The molecular weight excluding hydrogens is 206 g/mol. The van der Waals surface area contributed by atoms with E-state index in [1.165, 1.54) is 6.08 Å². The van der Waals surface area contributed by atoms with Crippen molar-refractivity contribution in [2.24, 2.45) is 0 Å². The molecule has 0 amide bonds. The predicted molar refractivity (Wildman–Crippen MR) is 50.5 cm³/mol. The molecule has 6 heteroatoms. The standard InChI is InChI=1S/C8H7NO4S/c1-4-7(8(12)13)14-5(9-4)2-3-6(10)11/h2-3H,1H3,(H,10,11)(H,12,13). The fraction of sp³-hybridized carbons (Fsp3) is 0.125. The van der Waals surface area contributed by atoms with Gasteiger partial charge in [0.1, 0.15) is 9.88 Å². The van der Waals surface area contributed by atoms with Crippen LogP contribution in [0.2, 0.25) is 0 Å². The number of thiazole rings is 1. The molecule has 0 radical (unpaired) electrons. The Morgan fingerprint density at radius 3 is 2.50 bits per heavy atom. The third-order valence-corrected chi connectivity index (χ3v) is 2.49. The number of hydrogen-bond acceptors (Lipinski definition) is 4. The Hall–Kier alpha value is -1.69. The second-order valence-corrected chi connectivity index (χ2v) is 3.47. The van der Waals surface area contributed by atoms with E-state index in [2.05, 4.69) is 4.98 Å². The molecule has 0 atom stereocenters. The van der Waals surface area contributed by atoms with E-state index in [1.807, 2.05) is 0 Å². The van der Waals surface area contributed by atoms with Crippen molar-refractivity contribution in [3.05, 3.63) is 21.7 Å². The summed E-state index contributed by atoms with van der Waals surface area (Å²) in [5, 5.41) is 17.4. The Kier molecular flexibility index (Phi) is 2.98. The molecule has 0 spiro atoms. The van der Waals surface area contributed by atoms with Crippen molar-refractivity contribution in [2.75, 3.05) is 0 Å². The Morgan fingerprint density at radius 1 is 1.43 bits per heavy atom. The number of carbonyl (C=O) groups is 2. The van der Waals surface area contributed by atoms with Gasteiger partial charge in [-0.1, -0.05) is 0 Å². The topological polar surface area (TPSA) is 87.5 Å². The Bertz CT molecular complexity index is 407. The quantitative estimate of drug-likeness (QED) is 0.738. The van der Waals surface area contributed by atoms with E-state index in [0.717, 1.165) is 17.4 Å². The number of carboxylic acids is 2. The van der Waals surface area contributed by atoms with Crippen LogP contribution >= 0.6 is 11.3 Å². The zero-order valence-corrected chi connectivity index (χ0v) is 8.04. The molecule has 0 saturated heterocycles. The minimum absolute atomic E-state index is 0.134. The second kappa shape index (κ2) is 4.01. The Labute approximate surface area is 83.3 Å². The summed E-state index contributed by atoms with van der Waals surface area (Å²) in [5.74, 6) is -2.13. The van der Waals surface area contributed by atoms with Crippen molar-refractivity contribution in [1.82, 2.24) is 4.98 Å². The van der Waals surface area contributed by atoms with Crippen LogP contribution in [0.25, 0.3) is 6.08 Å². The highest BCUT2D eigenvalue weighted by atomic mass is 32.1. The van der Waals surface area contributed by atoms with Gasteiger partial charge in [0, 0.05) is 6.08 Å². The molecule has 2 N–H and O–H groups in total. The summed E-state index contributed by atoms with van der Waals surface area (Å²) in [6, 6.07) is 0. The van der Waals surface area contributed by atoms with Crippen LogP contribution in [0.1, 0.15) is 20.4 Å². The molecule has 0 aliphatic carbocycles. The van der Waals surface area contributed by atoms with Crippen LogP contribution in [0.3, 0.4) is 0 Å². The van der Waals surface area contributed by atoms with E-state index >= 15 is 0 Å². The van der Waals surface area contributed by atoms with Crippen LogP contribution < -0.4 is 0 Å². The summed E-state index contributed by atoms with van der Waals surface area (Å²) in [5.41, 5.74) is 0.396. The van der Waals surface area contributed by atoms with Gasteiger partial charge >= 0.3 is 11.9 Å². The first-order valence-corrected chi connectivity index (χ1v) is 4.44. The fourth-order valence-electron chi connectivity index (χ4n) is 0.830. The third-order valence-electron chi connectivity index (χ3n) is 1.38. The van der Waals surface area contributed by atoms with Crippen molar-refractivity contribution >= 4 is 29.4 Å². The van der Waals surface area contributed by atoms with Crippen molar-refractivity contribution < 1.29 is 19.8 Å². The van der Waals surface area contributed by atoms with Crippen LogP contribution in [0.15, 0.2) is 6.08 Å². The molecule has 0 unspecified atom stereocenters. The van der Waals surface area contributed by atoms with Crippen LogP contribution in [0.5, 0.6) is 0 Å². The van der Waals surface area contributed by atoms with E-state index in [1.54, 1.807) is 6.92 Å². The zero-order chi connectivity index (χ0) is 10.7. The van der Waals surface area contributed by atoms with E-state index in [0.29, 0.717) is 10.7 Å². The average Bonchev–Trinajstić information content (AvgIpc) is 2.43. The summed E-state index contributed by atoms with van der Waals surface area (Å²) in [6.07, 6.45) is 2.19. The van der Waals surface area contributed by atoms with Gasteiger partial charge < -0.3 is 10.2 Å². The molecule has 0 aromatic carbocycles. The lowest BCUT2D eigenvalue weighted by molar-refractivity contribution is -0.131. The Morgan fingerprint density at radius 2 is 2.07 bits per heavy atom. The van der Waals surface area contributed by atoms with Gasteiger partial charge in [0.15, 0.2) is 0 Å². The SMILES string of the molecule is Cc1nc(C=CC(=O)O)sc1C(=O)O. The third kappa shape index (κ3) is 2.40. The molecule has 74 valence electrons. The molecule has 1 aromatic rings. The number of aryl methyl sites for hydroxylation is 1. The molecule has 5 nitrogen and oxygen atoms in total. The molecule has 1 aromatic heterocycles. The van der Waals surface area contributed by atoms with Gasteiger partial charge in [-0.2, -0.15) is 0 Å². The summed E-state index contributed by atoms with van der Waals surface area (Å²) < 4.78 is 0. The molecular formula is C8H7NO4S. The first kappa shape index (κ1) is 10.4. The number of aliphatic carboxylic acids is 1. The summed E-state index contributed by atoms with van der Waals surface area (Å²) >= 11 is 0.949. The molecule has 0 fully saturated rings. The number of aromatic carboxylic acids is 1. The predicted octanol–water partition coefficient (Wildman–Crippen LogP) is 1.25. The van der Waals surface area contributed by atoms with E-state index in [-0.39, 0.29) is 4.88 Å². The van der Waals surface area contributed by atoms with E-state index in [4.69, 9.17) is 10.2 Å². The maximum absolute atomic E-state index is 10.6. The summed E-state index contributed by atoms with van der Waals surface area (Å²) in [6.45, 7) is 1.57. The lowest BCUT2D eigenvalue weighted by atomic mass is 10.4. The Balaban J connectivity index is 2.97. The number of aromatic nitrogens is 1. The van der Waals surface area contributed by atoms with Crippen LogP contribution in [-0.2, 0) is 4.79 Å². The zero-order valence-electron chi connectivity index (χ0n) is 7.22. The van der Waals surface area contributed by atoms with Gasteiger partial charge in [0.25, 0.3) is 0 Å². The van der Waals surface area contributed by atoms with Gasteiger partial charge in [-0.25, -0.2) is 14.6 Å². The van der Waals surface area contributed by atoms with Crippen LogP contribution in [0.4, 0.5) is 0 Å². The molecule has 0 aliphatic rings. The minimum atomic E-state index is -1.09. The highest BCUT2D eigenvalue weighted by Gasteiger charge is 2.12. The molecule has 14 heavy (non-hydrogen) atoms. The fourth-order valence-corrected chi connectivity index (χ4v) is 1.64. The largest absolute Gasteiger partial charge is 0.478 e. The number of rotatable bonds is 3. The highest BCUT2D eigenvalue weighted by Crippen LogP contribution is 2.18.